The van der Waals surface area contributed by atoms with Crippen LogP contribution < -0.4 is 4.90 Å². The van der Waals surface area contributed by atoms with E-state index in [0.717, 1.165) is 22.7 Å². The molecular weight excluding hydrogens is 833 g/mol. The predicted molar refractivity (Wildman–Crippen MR) is 291 cm³/mol. The van der Waals surface area contributed by atoms with Crippen molar-refractivity contribution in [1.29, 1.82) is 0 Å². The molecule has 0 unspecified atom stereocenters. The molecule has 1 aliphatic carbocycles. The Morgan fingerprint density at radius 3 is 1.61 bits per heavy atom. The van der Waals surface area contributed by atoms with Gasteiger partial charge < -0.3 is 9.47 Å². The Balaban J connectivity index is 0.955. The molecule has 0 spiro atoms. The van der Waals surface area contributed by atoms with Gasteiger partial charge in [0.15, 0.2) is 0 Å². The Bertz CT molecular complexity index is 4090. The molecular formula is C67H44N2. The zero-order valence-corrected chi connectivity index (χ0v) is 37.8. The van der Waals surface area contributed by atoms with Gasteiger partial charge in [0.2, 0.25) is 0 Å². The van der Waals surface area contributed by atoms with Crippen LogP contribution in [0.1, 0.15) is 22.3 Å². The molecule has 322 valence electrons. The van der Waals surface area contributed by atoms with Crippen LogP contribution in [0.4, 0.5) is 17.1 Å². The number of hydrogen-bond donors (Lipinski definition) is 0. The molecule has 69 heavy (non-hydrogen) atoms. The first-order valence-electron chi connectivity index (χ1n) is 23.9. The van der Waals surface area contributed by atoms with Gasteiger partial charge in [0.1, 0.15) is 0 Å². The van der Waals surface area contributed by atoms with Crippen molar-refractivity contribution in [2.45, 2.75) is 5.41 Å². The van der Waals surface area contributed by atoms with E-state index < -0.39 is 5.41 Å². The highest BCUT2D eigenvalue weighted by Crippen LogP contribution is 2.57. The lowest BCUT2D eigenvalue weighted by atomic mass is 9.67. The van der Waals surface area contributed by atoms with E-state index in [1.165, 1.54) is 98.6 Å². The van der Waals surface area contributed by atoms with E-state index >= 15 is 0 Å². The van der Waals surface area contributed by atoms with Crippen molar-refractivity contribution < 1.29 is 0 Å². The second kappa shape index (κ2) is 15.6. The summed E-state index contributed by atoms with van der Waals surface area (Å²) in [6.45, 7) is 0. The molecule has 14 rings (SSSR count). The van der Waals surface area contributed by atoms with Gasteiger partial charge in [0.05, 0.1) is 27.8 Å². The predicted octanol–water partition coefficient (Wildman–Crippen LogP) is 17.7. The fourth-order valence-electron chi connectivity index (χ4n) is 11.9. The van der Waals surface area contributed by atoms with E-state index in [1.807, 2.05) is 0 Å². The first kappa shape index (κ1) is 39.2. The van der Waals surface area contributed by atoms with Gasteiger partial charge in [-0.2, -0.15) is 0 Å². The summed E-state index contributed by atoms with van der Waals surface area (Å²) in [4.78, 5) is 2.46. The molecule has 1 aliphatic rings. The average Bonchev–Trinajstić information content (AvgIpc) is 3.92. The number of fused-ring (bicyclic) bond motifs is 10. The normalized spacial score (nSPS) is 12.8. The number of para-hydroxylation sites is 2. The van der Waals surface area contributed by atoms with Crippen LogP contribution in [0.5, 0.6) is 0 Å². The number of aromatic nitrogens is 1. The fourth-order valence-corrected chi connectivity index (χ4v) is 11.9. The van der Waals surface area contributed by atoms with Crippen molar-refractivity contribution in [3.63, 3.8) is 0 Å². The summed E-state index contributed by atoms with van der Waals surface area (Å²) >= 11 is 0. The summed E-state index contributed by atoms with van der Waals surface area (Å²) in [5, 5.41) is 9.80. The highest BCUT2D eigenvalue weighted by molar-refractivity contribution is 6.17. The van der Waals surface area contributed by atoms with Gasteiger partial charge in [-0.3, -0.25) is 0 Å². The summed E-state index contributed by atoms with van der Waals surface area (Å²) in [5.74, 6) is 0. The SMILES string of the molecule is c1ccc(N(c2ccc(-c3ccc4c(c3)c3ccccc3n4-c3ccc4c(c3)C(c3ccccc3)(c3ccccc3)c3ccccc3-4)c3ccccc23)c2cc3ccccc3c3ccccc23)cc1. The van der Waals surface area contributed by atoms with E-state index in [4.69, 9.17) is 0 Å². The Hall–Kier alpha value is -8.98. The summed E-state index contributed by atoms with van der Waals surface area (Å²) in [7, 11) is 0. The topological polar surface area (TPSA) is 8.17 Å². The maximum atomic E-state index is 2.48. The van der Waals surface area contributed by atoms with Crippen molar-refractivity contribution in [3.05, 3.63) is 289 Å². The van der Waals surface area contributed by atoms with Crippen LogP contribution in [0, 0.1) is 0 Å². The van der Waals surface area contributed by atoms with Crippen molar-refractivity contribution in [1.82, 2.24) is 4.57 Å². The maximum absolute atomic E-state index is 2.48. The number of anilines is 3. The molecule has 2 nitrogen and oxygen atoms in total. The van der Waals surface area contributed by atoms with E-state index in [-0.39, 0.29) is 0 Å². The van der Waals surface area contributed by atoms with E-state index in [0.29, 0.717) is 0 Å². The van der Waals surface area contributed by atoms with E-state index in [9.17, 15) is 0 Å². The average molecular weight is 877 g/mol. The zero-order chi connectivity index (χ0) is 45.5. The Morgan fingerprint density at radius 2 is 0.855 bits per heavy atom. The van der Waals surface area contributed by atoms with Crippen LogP contribution in [0.2, 0.25) is 0 Å². The summed E-state index contributed by atoms with van der Waals surface area (Å²) in [6.07, 6.45) is 0. The minimum atomic E-state index is -0.485. The van der Waals surface area contributed by atoms with Crippen LogP contribution in [0.3, 0.4) is 0 Å². The molecule has 0 saturated carbocycles. The first-order chi connectivity index (χ1) is 34.3. The lowest BCUT2D eigenvalue weighted by Gasteiger charge is -2.34. The highest BCUT2D eigenvalue weighted by atomic mass is 15.1. The van der Waals surface area contributed by atoms with Crippen molar-refractivity contribution in [3.8, 4) is 27.9 Å². The van der Waals surface area contributed by atoms with Gasteiger partial charge in [-0.25, -0.2) is 0 Å². The molecule has 0 aliphatic heterocycles. The third kappa shape index (κ3) is 5.86. The smallest absolute Gasteiger partial charge is 0.0714 e. The molecule has 13 aromatic rings. The zero-order valence-electron chi connectivity index (χ0n) is 37.8. The summed E-state index contributed by atoms with van der Waals surface area (Å²) < 4.78 is 2.48. The Kier molecular flexibility index (Phi) is 8.84. The fraction of sp³-hybridized carbons (Fsp3) is 0.0149. The van der Waals surface area contributed by atoms with Crippen LogP contribution >= 0.6 is 0 Å². The molecule has 0 atom stereocenters. The van der Waals surface area contributed by atoms with Crippen LogP contribution in [0.15, 0.2) is 267 Å². The van der Waals surface area contributed by atoms with Gasteiger partial charge in [0.25, 0.3) is 0 Å². The van der Waals surface area contributed by atoms with Crippen LogP contribution in [0.25, 0.3) is 82.1 Å². The number of nitrogens with zero attached hydrogens (tertiary/aromatic N) is 2. The van der Waals surface area contributed by atoms with E-state index in [2.05, 4.69) is 276 Å². The standard InChI is InChI=1S/C67H44N2/c1-4-21-47(22-5-1)67(48-23-6-2-7-24-48)61-34-18-16-30-55(61)56-38-37-50(44-62(56)67)69-63-35-19-17-33-59(63)60-42-46(36-40-65(60)69)52-39-41-64(57-31-14-12-29-54(52)57)68(49-25-8-3-9-26-49)66-43-45-20-10-11-27-51(45)53-28-13-15-32-58(53)66/h1-44H. The third-order valence-corrected chi connectivity index (χ3v) is 14.8. The first-order valence-corrected chi connectivity index (χ1v) is 23.9. The number of rotatable bonds is 7. The maximum Gasteiger partial charge on any atom is 0.0714 e. The second-order valence-corrected chi connectivity index (χ2v) is 18.4. The molecule has 1 aromatic heterocycles. The van der Waals surface area contributed by atoms with Gasteiger partial charge in [-0.15, -0.1) is 0 Å². The lowest BCUT2D eigenvalue weighted by molar-refractivity contribution is 0.767. The van der Waals surface area contributed by atoms with Crippen LogP contribution in [-0.2, 0) is 5.41 Å². The van der Waals surface area contributed by atoms with Gasteiger partial charge in [0, 0.05) is 32.9 Å². The Labute approximate surface area is 401 Å². The second-order valence-electron chi connectivity index (χ2n) is 18.4. The third-order valence-electron chi connectivity index (χ3n) is 14.8. The molecule has 0 saturated heterocycles. The van der Waals surface area contributed by atoms with Crippen molar-refractivity contribution in [2.24, 2.45) is 0 Å². The van der Waals surface area contributed by atoms with Gasteiger partial charge >= 0.3 is 0 Å². The number of hydrogen-bond acceptors (Lipinski definition) is 1. The van der Waals surface area contributed by atoms with Crippen molar-refractivity contribution >= 4 is 71.2 Å². The largest absolute Gasteiger partial charge is 0.309 e. The van der Waals surface area contributed by atoms with Gasteiger partial charge in [-0.05, 0) is 121 Å². The number of benzene rings is 12. The molecule has 2 heteroatoms. The molecule has 0 amide bonds. The molecule has 0 bridgehead atoms. The van der Waals surface area contributed by atoms with Crippen LogP contribution in [-0.4, -0.2) is 4.57 Å². The van der Waals surface area contributed by atoms with Gasteiger partial charge in [-0.1, -0.05) is 212 Å². The molecule has 12 aromatic carbocycles. The quantitative estimate of drug-likeness (QED) is 0.145. The molecule has 0 radical (unpaired) electrons. The molecule has 0 N–H and O–H groups in total. The lowest BCUT2D eigenvalue weighted by Crippen LogP contribution is -2.28. The highest BCUT2D eigenvalue weighted by Gasteiger charge is 2.46. The molecule has 0 fully saturated rings. The van der Waals surface area contributed by atoms with Crippen molar-refractivity contribution in [2.75, 3.05) is 4.90 Å². The van der Waals surface area contributed by atoms with E-state index in [1.54, 1.807) is 0 Å². The summed E-state index contributed by atoms with van der Waals surface area (Å²) in [5.41, 5.74) is 16.5. The Morgan fingerprint density at radius 1 is 0.304 bits per heavy atom. The minimum absolute atomic E-state index is 0.485. The minimum Gasteiger partial charge on any atom is -0.309 e. The summed E-state index contributed by atoms with van der Waals surface area (Å²) in [6, 6.07) is 98.6. The molecule has 1 heterocycles. The monoisotopic (exact) mass is 876 g/mol.